The molecule has 566 valence electrons. The first-order valence-corrected chi connectivity index (χ1v) is 36.7. The zero-order chi connectivity index (χ0) is 80.3. The predicted molar refractivity (Wildman–Crippen MR) is 410 cm³/mol. The molecule has 0 spiro atoms. The van der Waals surface area contributed by atoms with E-state index in [1.807, 2.05) is 26.8 Å². The number of rotatable bonds is 6. The maximum absolute atomic E-state index is 14.3. The fourth-order valence-electron chi connectivity index (χ4n) is 8.09. The number of fused-ring (bicyclic) bond motifs is 3. The summed E-state index contributed by atoms with van der Waals surface area (Å²) in [4.78, 5) is 105. The Bertz CT molecular complexity index is 4990. The summed E-state index contributed by atoms with van der Waals surface area (Å²) >= 11 is 53.4. The van der Waals surface area contributed by atoms with Crippen molar-refractivity contribution in [1.82, 2.24) is 50.1 Å². The Balaban J connectivity index is 0.000000266. The van der Waals surface area contributed by atoms with Gasteiger partial charge in [0, 0.05) is 137 Å². The second-order valence-electron chi connectivity index (χ2n) is 22.0. The summed E-state index contributed by atoms with van der Waals surface area (Å²) in [5, 5.41) is 29.9. The number of alkyl halides is 3. The number of nitrogens with one attached hydrogen (secondary N) is 3. The molecule has 2 amide bonds. The fourth-order valence-corrected chi connectivity index (χ4v) is 9.29. The number of nitrogens with two attached hydrogens (primary N) is 3. The molecule has 0 saturated carbocycles. The van der Waals surface area contributed by atoms with E-state index in [0.717, 1.165) is 21.7 Å². The van der Waals surface area contributed by atoms with Gasteiger partial charge < -0.3 is 57.4 Å². The number of anilines is 3. The number of carbonyl (C=O) groups is 5. The lowest BCUT2D eigenvalue weighted by Crippen LogP contribution is -2.50. The first kappa shape index (κ1) is 90.2. The second kappa shape index (κ2) is 42.4. The number of likely N-dealkylation sites (tertiary alicyclic amines) is 1. The molecule has 1 aliphatic heterocycles. The highest BCUT2D eigenvalue weighted by atomic mass is 36.0. The molecule has 0 aliphatic carbocycles. The molecule has 5 heterocycles. The molecule has 1 saturated heterocycles. The van der Waals surface area contributed by atoms with Crippen LogP contribution in [0.15, 0.2) is 168 Å². The molecule has 12 N–H and O–H groups in total. The molecule has 40 heteroatoms. The number of benzene rings is 7. The number of amides is 2. The van der Waals surface area contributed by atoms with Gasteiger partial charge in [0.2, 0.25) is 5.28 Å². The highest BCUT2D eigenvalue weighted by Gasteiger charge is 2.39. The maximum Gasteiger partial charge on any atom is 0.490 e. The average molecular weight is 1700 g/mol. The van der Waals surface area contributed by atoms with E-state index in [1.165, 1.54) is 56.0 Å². The number of carboxylic acid groups (broad SMARTS) is 2. The molecule has 0 bridgehead atoms. The number of aliphatic carboxylic acids is 1. The van der Waals surface area contributed by atoms with Crippen molar-refractivity contribution in [2.45, 2.75) is 45.1 Å². The molecule has 7 aromatic carbocycles. The van der Waals surface area contributed by atoms with Crippen LogP contribution >= 0.6 is 120 Å². The summed E-state index contributed by atoms with van der Waals surface area (Å²) in [7, 11) is 1.45. The Labute approximate surface area is 653 Å². The Kier molecular flexibility index (Phi) is 35.7. The number of aldehydes is 1. The van der Waals surface area contributed by atoms with Crippen LogP contribution in [-0.2, 0) is 20.7 Å². The van der Waals surface area contributed by atoms with E-state index in [4.69, 9.17) is 123 Å². The van der Waals surface area contributed by atoms with Crippen molar-refractivity contribution in [3.8, 4) is 11.3 Å². The van der Waals surface area contributed by atoms with Crippen molar-refractivity contribution in [1.29, 1.82) is 0 Å². The number of hydrogen-bond donors (Lipinski definition) is 9. The number of carboxylic acids is 2. The molecule has 0 atom stereocenters. The molecular formula is C67H58Cl10F4N13O12P. The van der Waals surface area contributed by atoms with Crippen LogP contribution in [0.3, 0.4) is 0 Å². The third-order valence-corrected chi connectivity index (χ3v) is 14.6. The number of aromatic nitrogens is 8. The minimum Gasteiger partial charge on any atom is -0.478 e. The summed E-state index contributed by atoms with van der Waals surface area (Å²) in [6, 6.07) is 34.3. The SMILES string of the molecule is CNC(=O)c1ccc(-c2nccnc2C2CN(C(=O)OC(C)(C)C)C2)cc1F.Clc1ccc2cnc(Cl)nc2c1.Nc1cc(Cl)ccc1C(=O)O.Nc1cc(Cl)ccc1C=O.Nc1cc(Cl)ccc1CO.O=C(O)C(F)(F)F.O=P(Cl)(Cl)Cl.O=c1ncc2ccc(Cl)cc2[nH]1.O=c1ncc2ccc(Cl)cc2[nH]1. The maximum atomic E-state index is 14.3. The minimum atomic E-state index is -5.08. The van der Waals surface area contributed by atoms with Crippen LogP contribution in [0, 0.1) is 5.82 Å². The van der Waals surface area contributed by atoms with Crippen molar-refractivity contribution in [3.63, 3.8) is 0 Å². The molecule has 4 aromatic heterocycles. The normalized spacial score (nSPS) is 11.3. The first-order valence-electron chi connectivity index (χ1n) is 29.6. The average Bonchev–Trinajstić information content (AvgIpc) is 0.779. The van der Waals surface area contributed by atoms with E-state index >= 15 is 0 Å². The van der Waals surface area contributed by atoms with Crippen LogP contribution in [0.5, 0.6) is 0 Å². The van der Waals surface area contributed by atoms with Crippen LogP contribution < -0.4 is 33.9 Å². The van der Waals surface area contributed by atoms with Gasteiger partial charge in [-0.25, -0.2) is 48.3 Å². The Morgan fingerprint density at radius 3 is 1.54 bits per heavy atom. The lowest BCUT2D eigenvalue weighted by atomic mass is 9.92. The van der Waals surface area contributed by atoms with E-state index in [-0.39, 0.29) is 52.1 Å². The molecule has 25 nitrogen and oxygen atoms in total. The van der Waals surface area contributed by atoms with E-state index in [1.54, 1.807) is 108 Å². The highest BCUT2D eigenvalue weighted by Crippen LogP contribution is 2.61. The third kappa shape index (κ3) is 32.0. The minimum absolute atomic E-state index is 0.0158. The largest absolute Gasteiger partial charge is 0.490 e. The summed E-state index contributed by atoms with van der Waals surface area (Å²) in [5.74, 6) is -4.93. The molecule has 1 fully saturated rings. The number of nitrogen functional groups attached to an aromatic ring is 3. The van der Waals surface area contributed by atoms with E-state index < -0.39 is 40.6 Å². The number of ether oxygens (including phenoxy) is 1. The van der Waals surface area contributed by atoms with Gasteiger partial charge in [-0.2, -0.15) is 13.2 Å². The Hall–Kier alpha value is -9.20. The third-order valence-electron chi connectivity index (χ3n) is 13.0. The molecule has 107 heavy (non-hydrogen) atoms. The number of halogens is 14. The molecule has 1 aliphatic rings. The number of aliphatic hydroxyl groups is 1. The number of carbonyl (C=O) groups excluding carboxylic acids is 3. The van der Waals surface area contributed by atoms with Crippen LogP contribution in [0.4, 0.5) is 39.4 Å². The molecule has 0 radical (unpaired) electrons. The molecular weight excluding hydrogens is 1640 g/mol. The van der Waals surface area contributed by atoms with Gasteiger partial charge in [0.25, 0.3) is 5.91 Å². The van der Waals surface area contributed by atoms with Gasteiger partial charge in [-0.3, -0.25) is 24.1 Å². The van der Waals surface area contributed by atoms with Crippen LogP contribution in [-0.4, -0.2) is 122 Å². The Morgan fingerprint density at radius 2 is 1.08 bits per heavy atom. The number of hydrogen-bond acceptors (Lipinski definition) is 19. The van der Waals surface area contributed by atoms with Crippen molar-refractivity contribution < 1.29 is 66.2 Å². The van der Waals surface area contributed by atoms with Crippen molar-refractivity contribution in [3.05, 3.63) is 249 Å². The molecule has 11 aromatic rings. The fraction of sp³-hybridized carbons (Fsp3) is 0.149. The van der Waals surface area contributed by atoms with Crippen molar-refractivity contribution >= 4 is 200 Å². The van der Waals surface area contributed by atoms with Gasteiger partial charge >= 0.3 is 40.8 Å². The van der Waals surface area contributed by atoms with Crippen molar-refractivity contribution in [2.24, 2.45) is 0 Å². The van der Waals surface area contributed by atoms with Gasteiger partial charge in [-0.1, -0.05) is 81.7 Å². The predicted octanol–water partition coefficient (Wildman–Crippen LogP) is 17.3. The summed E-state index contributed by atoms with van der Waals surface area (Å²) < 4.78 is 61.0. The van der Waals surface area contributed by atoms with E-state index in [9.17, 15) is 50.9 Å². The van der Waals surface area contributed by atoms with Gasteiger partial charge in [0.05, 0.1) is 45.7 Å². The summed E-state index contributed by atoms with van der Waals surface area (Å²) in [6.45, 7) is 6.34. The summed E-state index contributed by atoms with van der Waals surface area (Å²) in [5.41, 5.74) is 21.3. The zero-order valence-electron chi connectivity index (χ0n) is 55.4. The van der Waals surface area contributed by atoms with Gasteiger partial charge in [0.1, 0.15) is 11.4 Å². The monoisotopic (exact) mass is 1690 g/mol. The zero-order valence-corrected chi connectivity index (χ0v) is 63.9. The van der Waals surface area contributed by atoms with E-state index in [0.29, 0.717) is 100.0 Å². The lowest BCUT2D eigenvalue weighted by Gasteiger charge is -2.39. The van der Waals surface area contributed by atoms with Crippen molar-refractivity contribution in [2.75, 3.05) is 37.3 Å². The number of aromatic amines is 2. The van der Waals surface area contributed by atoms with Crippen LogP contribution in [0.2, 0.25) is 35.4 Å². The first-order chi connectivity index (χ1) is 50.0. The molecule has 0 unspecified atom stereocenters. The van der Waals surface area contributed by atoms with Gasteiger partial charge in [-0.15, -0.1) is 0 Å². The quantitative estimate of drug-likeness (QED) is 0.0245. The van der Waals surface area contributed by atoms with Gasteiger partial charge in [-0.05, 0) is 181 Å². The second-order valence-corrected chi connectivity index (χ2v) is 31.6. The lowest BCUT2D eigenvalue weighted by molar-refractivity contribution is -0.192. The highest BCUT2D eigenvalue weighted by molar-refractivity contribution is 8.24. The standard InChI is InChI=1S/C20H23FN4O3.C8H4Cl2N2.2C8H5ClN2O.C7H6ClNO2.C7H8ClNO.C7H6ClNO.C2HF3O2.Cl3OP/c1-20(2,3)28-19(27)25-10-13(11-25)17-16(23-7-8-24-17)12-5-6-14(15(21)9-12)18(26)22-4;9-6-2-1-5-4-11-8(10)12-7(5)3-6;2*9-6-2-1-5-4-10-8(12)11-7(5)3-6;8-4-1-2-5(7(10)11)6(9)3-4;2*8-6-2-1-5(4-10)7(9)3-6;3-2(4,5)1(6)7;1-5(2,3)4/h5-9,13H,10-11H2,1-4H3,(H,22,26);1-4H;2*1-4H,(H,10,11,12);1-3H,9H2,(H,10,11);1-3,10H,4,9H2;1-4H,9H2;(H,6,7);. The summed E-state index contributed by atoms with van der Waals surface area (Å²) in [6.07, 6.45) is 3.06. The Morgan fingerprint density at radius 1 is 0.636 bits per heavy atom. The topological polar surface area (TPSA) is 409 Å². The number of nitrogens with zero attached hydrogens (tertiary/aromatic N) is 7. The molecule has 12 rings (SSSR count). The van der Waals surface area contributed by atoms with Crippen LogP contribution in [0.1, 0.15) is 69.0 Å². The number of aromatic carboxylic acids is 1. The smallest absolute Gasteiger partial charge is 0.478 e. The van der Waals surface area contributed by atoms with Gasteiger partial charge in [0.15, 0.2) is 6.29 Å². The van der Waals surface area contributed by atoms with E-state index in [2.05, 4.69) is 78.9 Å². The number of aliphatic hydroxyl groups excluding tert-OH is 1. The van der Waals surface area contributed by atoms with Crippen LogP contribution in [0.25, 0.3) is 44.0 Å². The number of H-pyrrole nitrogens is 2.